The van der Waals surface area contributed by atoms with E-state index >= 15 is 0 Å². The van der Waals surface area contributed by atoms with Crippen LogP contribution in [-0.2, 0) is 13.8 Å². The summed E-state index contributed by atoms with van der Waals surface area (Å²) in [5.74, 6) is -0.213. The van der Waals surface area contributed by atoms with Gasteiger partial charge in [0, 0.05) is 0 Å². The lowest BCUT2D eigenvalue weighted by Crippen LogP contribution is -2.29. The summed E-state index contributed by atoms with van der Waals surface area (Å²) in [4.78, 5) is 38.8. The maximum Gasteiger partial charge on any atom is 0.469 e. The fourth-order valence-electron chi connectivity index (χ4n) is 1.87. The largest absolute Gasteiger partial charge is 0.469 e. The number of H-pyrrole nitrogens is 1. The normalized spacial score (nSPS) is 14.8. The van der Waals surface area contributed by atoms with Gasteiger partial charge in [0.2, 0.25) is 5.95 Å². The number of phosphoric acid groups is 1. The topological polar surface area (TPSA) is 186 Å². The lowest BCUT2D eigenvalue weighted by molar-refractivity contribution is -0.0986. The second-order valence-electron chi connectivity index (χ2n) is 4.61. The summed E-state index contributed by atoms with van der Waals surface area (Å²) in [6, 6.07) is 0. The highest BCUT2D eigenvalue weighted by Gasteiger charge is 2.24. The lowest BCUT2D eigenvalue weighted by Gasteiger charge is -2.22. The molecule has 24 heavy (non-hydrogen) atoms. The molecule has 0 saturated carbocycles. The molecular weight excluding hydrogens is 352 g/mol. The fourth-order valence-corrected chi connectivity index (χ4v) is 2.23. The molecule has 0 bridgehead atoms. The Kier molecular flexibility index (Phi) is 5.64. The van der Waals surface area contributed by atoms with Gasteiger partial charge in [-0.2, -0.15) is 4.98 Å². The number of nitrogens with one attached hydrogen (secondary N) is 1. The molecule has 0 spiro atoms. The number of anilines is 1. The highest BCUT2D eigenvalue weighted by Crippen LogP contribution is 2.36. The number of fused-ring (bicyclic) bond motifs is 1. The highest BCUT2D eigenvalue weighted by atomic mass is 31.2. The Hall–Kier alpha value is -1.89. The van der Waals surface area contributed by atoms with Crippen molar-refractivity contribution in [3.63, 3.8) is 0 Å². The molecule has 0 amide bonds. The number of nitrogen functional groups attached to an aromatic ring is 1. The predicted molar refractivity (Wildman–Crippen MR) is 77.5 cm³/mol. The van der Waals surface area contributed by atoms with Crippen molar-refractivity contribution < 1.29 is 33.1 Å². The number of hydrogen-bond donors (Lipinski definition) is 5. The van der Waals surface area contributed by atoms with Gasteiger partial charge in [-0.25, -0.2) is 13.9 Å². The van der Waals surface area contributed by atoms with E-state index in [1.807, 2.05) is 0 Å². The third-order valence-electron chi connectivity index (χ3n) is 2.87. The number of nitrogens with zero attached hydrogens (tertiary/aromatic N) is 3. The molecule has 6 N–H and O–H groups in total. The zero-order valence-corrected chi connectivity index (χ0v) is 13.0. The van der Waals surface area contributed by atoms with E-state index in [0.717, 1.165) is 10.9 Å². The molecule has 2 aromatic heterocycles. The Balaban J connectivity index is 2.25. The van der Waals surface area contributed by atoms with Crippen molar-refractivity contribution in [2.45, 2.75) is 12.3 Å². The van der Waals surface area contributed by atoms with Gasteiger partial charge in [-0.1, -0.05) is 0 Å². The molecule has 2 rings (SSSR count). The van der Waals surface area contributed by atoms with Gasteiger partial charge in [0.1, 0.15) is 12.8 Å². The first-order chi connectivity index (χ1) is 11.2. The van der Waals surface area contributed by atoms with Gasteiger partial charge in [-0.05, 0) is 0 Å². The molecule has 14 heteroatoms. The fraction of sp³-hybridized carbons (Fsp3) is 0.500. The summed E-state index contributed by atoms with van der Waals surface area (Å²) in [5, 5.41) is 9.17. The van der Waals surface area contributed by atoms with E-state index in [0.29, 0.717) is 0 Å². The van der Waals surface area contributed by atoms with E-state index in [2.05, 4.69) is 19.5 Å². The Labute approximate surface area is 133 Å². The molecule has 134 valence electrons. The summed E-state index contributed by atoms with van der Waals surface area (Å²) in [7, 11) is -4.78. The second kappa shape index (κ2) is 7.34. The molecule has 0 radical (unpaired) electrons. The Morgan fingerprint density at radius 2 is 2.21 bits per heavy atom. The molecular formula is C10H15FN5O7P. The molecule has 0 aliphatic rings. The van der Waals surface area contributed by atoms with Crippen LogP contribution in [0.15, 0.2) is 11.1 Å². The first kappa shape index (κ1) is 18.4. The molecule has 0 saturated heterocycles. The first-order valence-electron chi connectivity index (χ1n) is 6.50. The summed E-state index contributed by atoms with van der Waals surface area (Å²) in [5.41, 5.74) is 4.65. The standard InChI is InChI=1S/C10H15FN5O7P/c11-1-6(23-5(2-17)3-22-24(19,20)21)16-4-13-7-8(16)14-10(12)15-9(7)18/h4-6,17H,1-3H2,(H2,19,20,21)(H3,12,14,15,18)/t5-,6+/m0/s1. The number of rotatable bonds is 8. The number of aromatic nitrogens is 4. The highest BCUT2D eigenvalue weighted by molar-refractivity contribution is 7.46. The second-order valence-corrected chi connectivity index (χ2v) is 5.85. The summed E-state index contributed by atoms with van der Waals surface area (Å²) in [6.07, 6.45) is -1.52. The van der Waals surface area contributed by atoms with Crippen molar-refractivity contribution in [1.82, 2.24) is 19.5 Å². The van der Waals surface area contributed by atoms with Crippen molar-refractivity contribution in [2.75, 3.05) is 25.6 Å². The van der Waals surface area contributed by atoms with Gasteiger partial charge in [0.15, 0.2) is 17.4 Å². The van der Waals surface area contributed by atoms with Gasteiger partial charge in [0.05, 0.1) is 19.5 Å². The smallest absolute Gasteiger partial charge is 0.394 e. The van der Waals surface area contributed by atoms with Crippen LogP contribution in [0.4, 0.5) is 10.3 Å². The van der Waals surface area contributed by atoms with Gasteiger partial charge in [-0.15, -0.1) is 0 Å². The molecule has 2 heterocycles. The number of halogens is 1. The molecule has 0 aliphatic carbocycles. The summed E-state index contributed by atoms with van der Waals surface area (Å²) < 4.78 is 34.5. The minimum Gasteiger partial charge on any atom is -0.394 e. The lowest BCUT2D eigenvalue weighted by atomic mass is 10.4. The third-order valence-corrected chi connectivity index (χ3v) is 3.36. The van der Waals surface area contributed by atoms with E-state index in [1.54, 1.807) is 0 Å². The van der Waals surface area contributed by atoms with Gasteiger partial charge in [-0.3, -0.25) is 18.9 Å². The maximum atomic E-state index is 13.3. The quantitative estimate of drug-likeness (QED) is 0.349. The van der Waals surface area contributed by atoms with Crippen molar-refractivity contribution in [1.29, 1.82) is 0 Å². The van der Waals surface area contributed by atoms with Crippen molar-refractivity contribution in [3.8, 4) is 0 Å². The minimum atomic E-state index is -4.78. The third kappa shape index (κ3) is 4.35. The van der Waals surface area contributed by atoms with E-state index in [-0.39, 0.29) is 17.1 Å². The van der Waals surface area contributed by atoms with Crippen LogP contribution in [0.5, 0.6) is 0 Å². The van der Waals surface area contributed by atoms with Gasteiger partial charge < -0.3 is 25.4 Å². The molecule has 2 atom stereocenters. The Morgan fingerprint density at radius 3 is 2.79 bits per heavy atom. The monoisotopic (exact) mass is 367 g/mol. The maximum absolute atomic E-state index is 13.3. The molecule has 0 fully saturated rings. The van der Waals surface area contributed by atoms with Gasteiger partial charge in [0.25, 0.3) is 5.56 Å². The SMILES string of the molecule is Nc1nc2c(ncn2[C@@H](CF)O[C@@H](CO)COP(=O)(O)O)c(=O)[nH]1. The predicted octanol–water partition coefficient (Wildman–Crippen LogP) is -1.34. The number of ether oxygens (including phenoxy) is 1. The number of phosphoric ester groups is 1. The Bertz CT molecular complexity index is 804. The molecule has 0 unspecified atom stereocenters. The van der Waals surface area contributed by atoms with Crippen LogP contribution >= 0.6 is 7.82 Å². The Morgan fingerprint density at radius 1 is 1.50 bits per heavy atom. The van der Waals surface area contributed by atoms with E-state index in [9.17, 15) is 18.9 Å². The average molecular weight is 367 g/mol. The van der Waals surface area contributed by atoms with Crippen molar-refractivity contribution in [2.24, 2.45) is 0 Å². The summed E-state index contributed by atoms with van der Waals surface area (Å²) in [6.45, 7) is -2.48. The minimum absolute atomic E-state index is 0.0495. The van der Waals surface area contributed by atoms with Crippen LogP contribution in [0.3, 0.4) is 0 Å². The zero-order valence-electron chi connectivity index (χ0n) is 12.1. The number of alkyl halides is 1. The number of nitrogens with two attached hydrogens (primary N) is 1. The average Bonchev–Trinajstić information content (AvgIpc) is 2.90. The van der Waals surface area contributed by atoms with Gasteiger partial charge >= 0.3 is 7.82 Å². The van der Waals surface area contributed by atoms with Crippen LogP contribution in [0.25, 0.3) is 11.2 Å². The van der Waals surface area contributed by atoms with Crippen LogP contribution in [0, 0.1) is 0 Å². The van der Waals surface area contributed by atoms with E-state index in [1.165, 1.54) is 0 Å². The number of aliphatic hydroxyl groups is 1. The molecule has 2 aromatic rings. The van der Waals surface area contributed by atoms with Crippen molar-refractivity contribution >= 4 is 24.9 Å². The molecule has 0 aromatic carbocycles. The molecule has 0 aliphatic heterocycles. The van der Waals surface area contributed by atoms with Crippen LogP contribution in [0.1, 0.15) is 6.23 Å². The number of aliphatic hydroxyl groups excluding tert-OH is 1. The van der Waals surface area contributed by atoms with E-state index in [4.69, 9.17) is 20.3 Å². The number of aromatic amines is 1. The van der Waals surface area contributed by atoms with Crippen LogP contribution in [-0.4, -0.2) is 60.4 Å². The van der Waals surface area contributed by atoms with E-state index < -0.39 is 45.6 Å². The van der Waals surface area contributed by atoms with Crippen molar-refractivity contribution in [3.05, 3.63) is 16.7 Å². The number of hydrogen-bond acceptors (Lipinski definition) is 8. The summed E-state index contributed by atoms with van der Waals surface area (Å²) >= 11 is 0. The first-order valence-corrected chi connectivity index (χ1v) is 8.03. The number of imidazole rings is 1. The van der Waals surface area contributed by atoms with Crippen LogP contribution in [0.2, 0.25) is 0 Å². The van der Waals surface area contributed by atoms with Crippen LogP contribution < -0.4 is 11.3 Å². The zero-order chi connectivity index (χ0) is 17.9. The molecule has 12 nitrogen and oxygen atoms in total.